The molecule has 0 spiro atoms. The van der Waals surface area contributed by atoms with Gasteiger partial charge in [-0.05, 0) is 25.7 Å². The van der Waals surface area contributed by atoms with Crippen molar-refractivity contribution in [3.8, 4) is 0 Å². The molecule has 0 radical (unpaired) electrons. The summed E-state index contributed by atoms with van der Waals surface area (Å²) in [7, 11) is 0. The molecular weight excluding hydrogens is 632 g/mol. The van der Waals surface area contributed by atoms with Gasteiger partial charge in [0.15, 0.2) is 0 Å². The first-order valence-electron chi connectivity index (χ1n) is 17.7. The van der Waals surface area contributed by atoms with Gasteiger partial charge in [-0.1, -0.05) is 108 Å². The van der Waals surface area contributed by atoms with Gasteiger partial charge in [0.25, 0.3) is 5.78 Å². The van der Waals surface area contributed by atoms with Gasteiger partial charge in [0, 0.05) is 31.7 Å². The highest BCUT2D eigenvalue weighted by molar-refractivity contribution is 6.40. The lowest BCUT2D eigenvalue weighted by Crippen LogP contribution is -2.54. The number of nitrogens with one attached hydrogen (secondary N) is 1. The summed E-state index contributed by atoms with van der Waals surface area (Å²) in [6.45, 7) is 5.49. The Hall–Kier alpha value is -4.42. The normalized spacial score (nSPS) is 11.1. The molecule has 0 saturated heterocycles. The Kier molecular flexibility index (Phi) is 20.5. The van der Waals surface area contributed by atoms with Gasteiger partial charge in [0.2, 0.25) is 0 Å². The summed E-state index contributed by atoms with van der Waals surface area (Å²) >= 11 is 0. The maximum atomic E-state index is 13.2. The number of hydrogen-bond donors (Lipinski definition) is 1. The molecule has 0 unspecified atom stereocenters. The van der Waals surface area contributed by atoms with Gasteiger partial charge in [0.1, 0.15) is 25.7 Å². The highest BCUT2D eigenvalue weighted by atomic mass is 16.6. The summed E-state index contributed by atoms with van der Waals surface area (Å²) < 4.78 is 18.5. The van der Waals surface area contributed by atoms with Crippen LogP contribution in [0.3, 0.4) is 0 Å². The fourth-order valence-corrected chi connectivity index (χ4v) is 5.13. The van der Waals surface area contributed by atoms with Crippen molar-refractivity contribution in [3.63, 3.8) is 0 Å². The molecule has 49 heavy (non-hydrogen) atoms. The Morgan fingerprint density at radius 1 is 0.633 bits per heavy atom. The average molecular weight is 687 g/mol. The number of ketones is 1. The summed E-state index contributed by atoms with van der Waals surface area (Å²) in [5, 5.41) is 2.65. The Bertz CT molecular complexity index is 1430. The van der Waals surface area contributed by atoms with Crippen molar-refractivity contribution in [1.29, 1.82) is 0 Å². The average Bonchev–Trinajstić information content (AvgIpc) is 3.10. The molecule has 2 aromatic rings. The first kappa shape index (κ1) is 40.8. The molecule has 13 nitrogen and oxygen atoms in total. The van der Waals surface area contributed by atoms with Gasteiger partial charge in [-0.15, -0.1) is 0 Å². The van der Waals surface area contributed by atoms with E-state index in [-0.39, 0.29) is 25.3 Å². The third kappa shape index (κ3) is 15.6. The van der Waals surface area contributed by atoms with Crippen LogP contribution in [-0.2, 0) is 38.6 Å². The number of carbonyl (C=O) groups is 3. The first-order chi connectivity index (χ1) is 23.8. The quantitative estimate of drug-likeness (QED) is 0.0455. The number of aromatic nitrogens is 3. The molecule has 0 fully saturated rings. The Labute approximate surface area is 288 Å². The highest BCUT2D eigenvalue weighted by Gasteiger charge is 2.17. The van der Waals surface area contributed by atoms with Gasteiger partial charge >= 0.3 is 29.1 Å². The number of amides is 1. The van der Waals surface area contributed by atoms with Crippen molar-refractivity contribution in [2.24, 2.45) is 0 Å². The zero-order valence-corrected chi connectivity index (χ0v) is 29.2. The SMILES string of the molecule is CCCCCCCn1c(=O)n(CCCCCCC)c(=O)n(CCCCCCNC(=O)OCCO/C=C\OC(=O)C(=O)c2ccccc2)c1=O. The Morgan fingerprint density at radius 3 is 1.63 bits per heavy atom. The van der Waals surface area contributed by atoms with E-state index in [9.17, 15) is 28.8 Å². The second-order valence-electron chi connectivity index (χ2n) is 11.9. The van der Waals surface area contributed by atoms with Crippen LogP contribution in [0.1, 0.15) is 114 Å². The fourth-order valence-electron chi connectivity index (χ4n) is 5.13. The van der Waals surface area contributed by atoms with E-state index >= 15 is 0 Å². The number of benzene rings is 1. The van der Waals surface area contributed by atoms with Crippen molar-refractivity contribution in [1.82, 2.24) is 19.0 Å². The molecule has 0 aliphatic carbocycles. The third-order valence-electron chi connectivity index (χ3n) is 7.92. The molecular formula is C36H54N4O9. The molecule has 1 N–H and O–H groups in total. The molecule has 0 bridgehead atoms. The van der Waals surface area contributed by atoms with Crippen molar-refractivity contribution in [2.45, 2.75) is 123 Å². The number of unbranched alkanes of at least 4 members (excludes halogenated alkanes) is 11. The number of nitrogens with zero attached hydrogens (tertiary/aromatic N) is 3. The first-order valence-corrected chi connectivity index (χ1v) is 17.7. The van der Waals surface area contributed by atoms with Crippen molar-refractivity contribution >= 4 is 17.8 Å². The van der Waals surface area contributed by atoms with Crippen molar-refractivity contribution in [3.05, 3.63) is 79.9 Å². The minimum absolute atomic E-state index is 0.0141. The maximum Gasteiger partial charge on any atom is 0.407 e. The number of hydrogen-bond acceptors (Lipinski definition) is 9. The van der Waals surface area contributed by atoms with Crippen LogP contribution in [0.15, 0.2) is 57.2 Å². The van der Waals surface area contributed by atoms with E-state index in [1.54, 1.807) is 18.2 Å². The zero-order chi connectivity index (χ0) is 35.7. The molecule has 0 atom stereocenters. The number of Topliss-reactive ketones (excluding diaryl/α,β-unsaturated/α-hetero) is 1. The summed E-state index contributed by atoms with van der Waals surface area (Å²) in [6.07, 6.45) is 14.0. The minimum Gasteiger partial charge on any atom is -0.494 e. The Balaban J connectivity index is 1.70. The van der Waals surface area contributed by atoms with Gasteiger partial charge in [0.05, 0.1) is 0 Å². The molecule has 13 heteroatoms. The molecule has 1 heterocycles. The van der Waals surface area contributed by atoms with E-state index in [1.165, 1.54) is 25.8 Å². The lowest BCUT2D eigenvalue weighted by molar-refractivity contribution is -0.133. The minimum atomic E-state index is -1.04. The summed E-state index contributed by atoms with van der Waals surface area (Å²) in [6, 6.07) is 8.02. The fraction of sp³-hybridized carbons (Fsp3) is 0.611. The summed E-state index contributed by atoms with van der Waals surface area (Å²) in [5.74, 6) is -1.82. The van der Waals surface area contributed by atoms with Crippen LogP contribution >= 0.6 is 0 Å². The number of esters is 1. The lowest BCUT2D eigenvalue weighted by Gasteiger charge is -2.14. The smallest absolute Gasteiger partial charge is 0.407 e. The predicted molar refractivity (Wildman–Crippen MR) is 187 cm³/mol. The third-order valence-corrected chi connectivity index (χ3v) is 7.92. The van der Waals surface area contributed by atoms with Gasteiger partial charge in [-0.3, -0.25) is 4.79 Å². The monoisotopic (exact) mass is 686 g/mol. The van der Waals surface area contributed by atoms with Crippen LogP contribution in [0.5, 0.6) is 0 Å². The second kappa shape index (κ2) is 24.7. The van der Waals surface area contributed by atoms with Crippen LogP contribution in [-0.4, -0.2) is 51.3 Å². The number of alkyl carbamates (subject to hydrolysis) is 1. The molecule has 0 aliphatic heterocycles. The van der Waals surface area contributed by atoms with E-state index < -0.39 is 34.9 Å². The Morgan fingerprint density at radius 2 is 1.12 bits per heavy atom. The van der Waals surface area contributed by atoms with E-state index in [0.717, 1.165) is 89.6 Å². The van der Waals surface area contributed by atoms with Crippen LogP contribution in [0, 0.1) is 0 Å². The molecule has 1 aromatic heterocycles. The van der Waals surface area contributed by atoms with Gasteiger partial charge < -0.3 is 19.5 Å². The molecule has 1 amide bonds. The van der Waals surface area contributed by atoms with Gasteiger partial charge in [-0.2, -0.15) is 0 Å². The number of carbonyl (C=O) groups excluding carboxylic acids is 3. The van der Waals surface area contributed by atoms with Crippen molar-refractivity contribution in [2.75, 3.05) is 19.8 Å². The topological polar surface area (TPSA) is 157 Å². The molecule has 2 rings (SSSR count). The van der Waals surface area contributed by atoms with E-state index in [1.807, 2.05) is 0 Å². The number of ether oxygens (including phenoxy) is 3. The number of rotatable bonds is 26. The van der Waals surface area contributed by atoms with E-state index in [4.69, 9.17) is 14.2 Å². The standard InChI is InChI=1S/C36H54N4O9/c1-3-5-7-10-17-23-38-34(44)39(24-18-11-8-6-4-2)36(46)40(35(38)45)25-19-12-9-16-22-37-33(43)49-29-27-47-26-28-48-32(42)31(41)30-20-14-13-15-21-30/h13-15,20-21,26,28H,3-12,16-19,22-25,27,29H2,1-2H3,(H,37,43)/b28-26-. The van der Waals surface area contributed by atoms with E-state index in [2.05, 4.69) is 19.2 Å². The highest BCUT2D eigenvalue weighted by Crippen LogP contribution is 2.05. The summed E-state index contributed by atoms with van der Waals surface area (Å²) in [4.78, 5) is 75.1. The maximum absolute atomic E-state index is 13.2. The van der Waals surface area contributed by atoms with Crippen LogP contribution in [0.2, 0.25) is 0 Å². The molecule has 272 valence electrons. The van der Waals surface area contributed by atoms with Gasteiger partial charge in [-0.25, -0.2) is 37.7 Å². The molecule has 1 aromatic carbocycles. The molecule has 0 saturated carbocycles. The zero-order valence-electron chi connectivity index (χ0n) is 29.2. The van der Waals surface area contributed by atoms with Crippen molar-refractivity contribution < 1.29 is 28.6 Å². The molecule has 0 aliphatic rings. The largest absolute Gasteiger partial charge is 0.494 e. The van der Waals surface area contributed by atoms with E-state index in [0.29, 0.717) is 32.5 Å². The lowest BCUT2D eigenvalue weighted by atomic mass is 10.1. The second-order valence-corrected chi connectivity index (χ2v) is 11.9. The predicted octanol–water partition coefficient (Wildman–Crippen LogP) is 5.31. The van der Waals surface area contributed by atoms with Crippen LogP contribution in [0.4, 0.5) is 4.79 Å². The summed E-state index contributed by atoms with van der Waals surface area (Å²) in [5.41, 5.74) is -1.35. The van der Waals surface area contributed by atoms with Crippen LogP contribution in [0.25, 0.3) is 0 Å². The van der Waals surface area contributed by atoms with Crippen LogP contribution < -0.4 is 22.4 Å².